The number of nitrogens with zero attached hydrogens (tertiary/aromatic N) is 2. The molecule has 0 saturated heterocycles. The molecular formula is C16H23N5O. The molecule has 6 heteroatoms. The second-order valence-corrected chi connectivity index (χ2v) is 6.38. The van der Waals surface area contributed by atoms with Gasteiger partial charge in [-0.3, -0.25) is 9.89 Å². The minimum absolute atomic E-state index is 0.0279. The molecule has 1 aliphatic carbocycles. The molecule has 0 fully saturated rings. The van der Waals surface area contributed by atoms with E-state index < -0.39 is 0 Å². The van der Waals surface area contributed by atoms with E-state index in [0.717, 1.165) is 47.7 Å². The molecule has 3 rings (SSSR count). The Kier molecular flexibility index (Phi) is 4.00. The first-order valence-corrected chi connectivity index (χ1v) is 7.88. The Morgan fingerprint density at radius 1 is 1.50 bits per heavy atom. The maximum atomic E-state index is 12.4. The fraction of sp³-hybridized carbons (Fsp3) is 0.562. The van der Waals surface area contributed by atoms with Crippen molar-refractivity contribution < 1.29 is 4.79 Å². The van der Waals surface area contributed by atoms with Gasteiger partial charge in [0.1, 0.15) is 5.82 Å². The van der Waals surface area contributed by atoms with Crippen LogP contribution in [0.15, 0.2) is 6.20 Å². The number of hydrogen-bond donors (Lipinski definition) is 3. The van der Waals surface area contributed by atoms with E-state index in [-0.39, 0.29) is 11.8 Å². The molecule has 118 valence electrons. The summed E-state index contributed by atoms with van der Waals surface area (Å²) in [6.45, 7) is 6.74. The molecule has 1 atom stereocenters. The highest BCUT2D eigenvalue weighted by Crippen LogP contribution is 2.26. The van der Waals surface area contributed by atoms with E-state index in [1.54, 1.807) is 6.20 Å². The lowest BCUT2D eigenvalue weighted by Gasteiger charge is -2.20. The topological polar surface area (TPSA) is 86.5 Å². The van der Waals surface area contributed by atoms with Gasteiger partial charge in [-0.25, -0.2) is 4.98 Å². The molecule has 1 amide bonds. The van der Waals surface area contributed by atoms with Crippen molar-refractivity contribution in [2.75, 3.05) is 0 Å². The lowest BCUT2D eigenvalue weighted by Crippen LogP contribution is -2.33. The second-order valence-electron chi connectivity index (χ2n) is 6.38. The average Bonchev–Trinajstić information content (AvgIpc) is 3.09. The number of amides is 1. The number of H-pyrrole nitrogens is 2. The van der Waals surface area contributed by atoms with Crippen LogP contribution < -0.4 is 5.32 Å². The predicted octanol–water partition coefficient (Wildman–Crippen LogP) is 1.99. The van der Waals surface area contributed by atoms with E-state index in [1.807, 2.05) is 6.92 Å². The molecule has 6 nitrogen and oxygen atoms in total. The Hall–Kier alpha value is -2.11. The van der Waals surface area contributed by atoms with Crippen molar-refractivity contribution >= 4 is 5.91 Å². The van der Waals surface area contributed by atoms with E-state index in [0.29, 0.717) is 12.5 Å². The third-order valence-corrected chi connectivity index (χ3v) is 4.37. The van der Waals surface area contributed by atoms with Crippen LogP contribution in [-0.2, 0) is 24.2 Å². The Balaban J connectivity index is 1.61. The van der Waals surface area contributed by atoms with Gasteiger partial charge in [0.25, 0.3) is 0 Å². The predicted molar refractivity (Wildman–Crippen MR) is 83.4 cm³/mol. The maximum absolute atomic E-state index is 12.4. The summed E-state index contributed by atoms with van der Waals surface area (Å²) in [6.07, 6.45) is 4.26. The zero-order valence-corrected chi connectivity index (χ0v) is 13.4. The van der Waals surface area contributed by atoms with Crippen molar-refractivity contribution in [3.05, 3.63) is 34.7 Å². The van der Waals surface area contributed by atoms with E-state index in [2.05, 4.69) is 39.3 Å². The average molecular weight is 301 g/mol. The highest BCUT2D eigenvalue weighted by Gasteiger charge is 2.27. The molecular weight excluding hydrogens is 278 g/mol. The molecule has 0 aromatic carbocycles. The third kappa shape index (κ3) is 2.91. The number of imidazole rings is 1. The molecule has 0 radical (unpaired) electrons. The zero-order valence-electron chi connectivity index (χ0n) is 13.4. The number of hydrogen-bond acceptors (Lipinski definition) is 3. The minimum Gasteiger partial charge on any atom is -0.352 e. The van der Waals surface area contributed by atoms with Crippen LogP contribution in [0.5, 0.6) is 0 Å². The number of fused-ring (bicyclic) bond motifs is 1. The quantitative estimate of drug-likeness (QED) is 0.807. The van der Waals surface area contributed by atoms with Crippen LogP contribution in [0, 0.1) is 12.8 Å². The zero-order chi connectivity index (χ0) is 15.7. The number of carbonyl (C=O) groups excluding carboxylic acids is 1. The smallest absolute Gasteiger partial charge is 0.223 e. The fourth-order valence-electron chi connectivity index (χ4n) is 2.88. The SMILES string of the molecule is Cc1[nH]ncc1CNC(=O)C1CCc2nc(C(C)C)[nH]c2C1. The van der Waals surface area contributed by atoms with Gasteiger partial charge in [0.15, 0.2) is 0 Å². The molecule has 0 aliphatic heterocycles. The van der Waals surface area contributed by atoms with Crippen molar-refractivity contribution in [1.29, 1.82) is 0 Å². The summed E-state index contributed by atoms with van der Waals surface area (Å²) in [5, 5.41) is 9.88. The Bertz CT molecular complexity index is 670. The molecule has 0 spiro atoms. The monoisotopic (exact) mass is 301 g/mol. The van der Waals surface area contributed by atoms with Gasteiger partial charge >= 0.3 is 0 Å². The van der Waals surface area contributed by atoms with Crippen molar-refractivity contribution in [3.63, 3.8) is 0 Å². The number of nitrogens with one attached hydrogen (secondary N) is 3. The summed E-state index contributed by atoms with van der Waals surface area (Å²) in [6, 6.07) is 0. The molecule has 3 N–H and O–H groups in total. The van der Waals surface area contributed by atoms with E-state index >= 15 is 0 Å². The number of rotatable bonds is 4. The van der Waals surface area contributed by atoms with Crippen LogP contribution in [0.25, 0.3) is 0 Å². The highest BCUT2D eigenvalue weighted by molar-refractivity contribution is 5.79. The summed E-state index contributed by atoms with van der Waals surface area (Å²) in [7, 11) is 0. The van der Waals surface area contributed by atoms with Gasteiger partial charge in [0.2, 0.25) is 5.91 Å². The molecule has 0 bridgehead atoms. The van der Waals surface area contributed by atoms with Gasteiger partial charge in [-0.1, -0.05) is 13.8 Å². The molecule has 2 heterocycles. The van der Waals surface area contributed by atoms with Crippen molar-refractivity contribution in [2.45, 2.75) is 52.5 Å². The van der Waals surface area contributed by atoms with Crippen LogP contribution >= 0.6 is 0 Å². The van der Waals surface area contributed by atoms with Gasteiger partial charge in [0, 0.05) is 41.8 Å². The van der Waals surface area contributed by atoms with Gasteiger partial charge in [-0.15, -0.1) is 0 Å². The lowest BCUT2D eigenvalue weighted by atomic mass is 9.89. The normalized spacial score (nSPS) is 17.5. The van der Waals surface area contributed by atoms with Crippen LogP contribution in [0.1, 0.15) is 54.7 Å². The van der Waals surface area contributed by atoms with E-state index in [4.69, 9.17) is 0 Å². The van der Waals surface area contributed by atoms with Crippen LogP contribution in [0.4, 0.5) is 0 Å². The maximum Gasteiger partial charge on any atom is 0.223 e. The van der Waals surface area contributed by atoms with Crippen LogP contribution in [0.2, 0.25) is 0 Å². The molecule has 2 aromatic rings. The van der Waals surface area contributed by atoms with E-state index in [1.165, 1.54) is 0 Å². The number of aromatic nitrogens is 4. The Morgan fingerprint density at radius 2 is 2.32 bits per heavy atom. The van der Waals surface area contributed by atoms with Crippen molar-refractivity contribution in [1.82, 2.24) is 25.5 Å². The molecule has 1 unspecified atom stereocenters. The minimum atomic E-state index is 0.0279. The molecule has 2 aromatic heterocycles. The Labute approximate surface area is 130 Å². The summed E-state index contributed by atoms with van der Waals surface area (Å²) in [4.78, 5) is 20.4. The Morgan fingerprint density at radius 3 is 3.00 bits per heavy atom. The van der Waals surface area contributed by atoms with Gasteiger partial charge in [-0.05, 0) is 19.8 Å². The van der Waals surface area contributed by atoms with Crippen LogP contribution in [-0.4, -0.2) is 26.1 Å². The van der Waals surface area contributed by atoms with Crippen molar-refractivity contribution in [2.24, 2.45) is 5.92 Å². The van der Waals surface area contributed by atoms with Gasteiger partial charge in [-0.2, -0.15) is 5.10 Å². The number of carbonyl (C=O) groups is 1. The summed E-state index contributed by atoms with van der Waals surface area (Å²) >= 11 is 0. The fourth-order valence-corrected chi connectivity index (χ4v) is 2.88. The highest BCUT2D eigenvalue weighted by atomic mass is 16.1. The van der Waals surface area contributed by atoms with Crippen molar-refractivity contribution in [3.8, 4) is 0 Å². The third-order valence-electron chi connectivity index (χ3n) is 4.37. The first kappa shape index (κ1) is 14.8. The summed E-state index contributed by atoms with van der Waals surface area (Å²) in [5.74, 6) is 1.56. The summed E-state index contributed by atoms with van der Waals surface area (Å²) in [5.41, 5.74) is 4.31. The first-order chi connectivity index (χ1) is 10.5. The lowest BCUT2D eigenvalue weighted by molar-refractivity contribution is -0.125. The van der Waals surface area contributed by atoms with Gasteiger partial charge in [0.05, 0.1) is 11.9 Å². The molecule has 1 aliphatic rings. The second kappa shape index (κ2) is 5.94. The number of aromatic amines is 2. The first-order valence-electron chi connectivity index (χ1n) is 7.88. The largest absolute Gasteiger partial charge is 0.352 e. The standard InChI is InChI=1S/C16H23N5O/c1-9(2)15-19-13-5-4-11(6-14(13)20-15)16(22)17-7-12-8-18-21-10(12)3/h8-9,11H,4-7H2,1-3H3,(H,17,22)(H,18,21)(H,19,20). The van der Waals surface area contributed by atoms with Crippen LogP contribution in [0.3, 0.4) is 0 Å². The summed E-state index contributed by atoms with van der Waals surface area (Å²) < 4.78 is 0. The molecule has 0 saturated carbocycles. The van der Waals surface area contributed by atoms with E-state index in [9.17, 15) is 4.79 Å². The molecule has 22 heavy (non-hydrogen) atoms. The van der Waals surface area contributed by atoms with Gasteiger partial charge < -0.3 is 10.3 Å². The number of aryl methyl sites for hydroxylation is 2.